The molecule has 0 fully saturated rings. The molecule has 3 N–H and O–H groups in total. The van der Waals surface area contributed by atoms with Gasteiger partial charge in [-0.05, 0) is 25.3 Å². The molecule has 1 rings (SSSR count). The van der Waals surface area contributed by atoms with Gasteiger partial charge >= 0.3 is 0 Å². The van der Waals surface area contributed by atoms with E-state index in [0.717, 1.165) is 5.69 Å². The predicted octanol–water partition coefficient (Wildman–Crippen LogP) is 0.965. The van der Waals surface area contributed by atoms with Gasteiger partial charge in [-0.3, -0.25) is 9.78 Å². The third-order valence-electron chi connectivity index (χ3n) is 2.65. The van der Waals surface area contributed by atoms with Gasteiger partial charge in [-0.1, -0.05) is 0 Å². The molecule has 6 heteroatoms. The summed E-state index contributed by atoms with van der Waals surface area (Å²) in [5, 5.41) is 15.1. The number of carbonyl (C=O) groups is 1. The van der Waals surface area contributed by atoms with Crippen molar-refractivity contribution in [2.45, 2.75) is 18.2 Å². The van der Waals surface area contributed by atoms with Gasteiger partial charge < -0.3 is 15.7 Å². The second kappa shape index (κ2) is 7.23. The first-order chi connectivity index (χ1) is 8.62. The van der Waals surface area contributed by atoms with Gasteiger partial charge in [-0.25, -0.2) is 0 Å². The maximum Gasteiger partial charge on any atom is 0.269 e. The number of pyridine rings is 1. The van der Waals surface area contributed by atoms with Gasteiger partial charge in [0.05, 0.1) is 6.61 Å². The molecule has 1 amide bonds. The van der Waals surface area contributed by atoms with Crippen LogP contribution in [-0.2, 0) is 0 Å². The second-order valence-corrected chi connectivity index (χ2v) is 4.98. The van der Waals surface area contributed by atoms with Gasteiger partial charge in [0.2, 0.25) is 0 Å². The lowest BCUT2D eigenvalue weighted by atomic mass is 10.2. The number of hydrogen-bond donors (Lipinski definition) is 3. The van der Waals surface area contributed by atoms with Gasteiger partial charge in [-0.2, -0.15) is 11.8 Å². The number of thioether (sulfide) groups is 1. The Labute approximate surface area is 111 Å². The van der Waals surface area contributed by atoms with Crippen molar-refractivity contribution in [3.8, 4) is 0 Å². The van der Waals surface area contributed by atoms with Gasteiger partial charge in [0.1, 0.15) is 5.69 Å². The highest BCUT2D eigenvalue weighted by Crippen LogP contribution is 2.16. The van der Waals surface area contributed by atoms with Crippen LogP contribution in [-0.4, -0.2) is 47.2 Å². The molecule has 1 aromatic rings. The lowest BCUT2D eigenvalue weighted by Gasteiger charge is -2.22. The minimum absolute atomic E-state index is 0.102. The van der Waals surface area contributed by atoms with E-state index in [4.69, 9.17) is 0 Å². The molecular formula is C12H19N3O2S. The summed E-state index contributed by atoms with van der Waals surface area (Å²) in [6, 6.07) is 3.60. The van der Waals surface area contributed by atoms with Crippen LogP contribution in [0.2, 0.25) is 0 Å². The molecule has 0 bridgehead atoms. The maximum atomic E-state index is 11.5. The number of aromatic nitrogens is 1. The number of nitrogens with one attached hydrogen (secondary N) is 2. The molecule has 100 valence electrons. The topological polar surface area (TPSA) is 74.2 Å². The van der Waals surface area contributed by atoms with Crippen LogP contribution >= 0.6 is 11.8 Å². The summed E-state index contributed by atoms with van der Waals surface area (Å²) in [6.45, 7) is 2.11. The summed E-state index contributed by atoms with van der Waals surface area (Å²) in [5.41, 5.74) is 1.20. The molecule has 0 radical (unpaired) electrons. The number of amides is 1. The molecule has 0 aromatic carbocycles. The zero-order chi connectivity index (χ0) is 13.5. The Balaban J connectivity index is 2.75. The molecule has 2 unspecified atom stereocenters. The molecule has 18 heavy (non-hydrogen) atoms. The average molecular weight is 269 g/mol. The number of hydrogen-bond acceptors (Lipinski definition) is 5. The number of carbonyl (C=O) groups excluding carboxylic acids is 1. The van der Waals surface area contributed by atoms with Crippen LogP contribution in [0.25, 0.3) is 0 Å². The van der Waals surface area contributed by atoms with Gasteiger partial charge in [0.25, 0.3) is 5.91 Å². The van der Waals surface area contributed by atoms with Crippen molar-refractivity contribution in [1.82, 2.24) is 10.3 Å². The van der Waals surface area contributed by atoms with Crippen LogP contribution in [0.4, 0.5) is 5.69 Å². The fraction of sp³-hybridized carbons (Fsp3) is 0.500. The number of nitrogens with zero attached hydrogens (tertiary/aromatic N) is 1. The SMILES string of the molecule is CNC(=O)c1cc(NC(C)C(CO)SC)ccn1. The van der Waals surface area contributed by atoms with Crippen LogP contribution in [0.15, 0.2) is 18.3 Å². The smallest absolute Gasteiger partial charge is 0.269 e. The van der Waals surface area contributed by atoms with Crippen molar-refractivity contribution >= 4 is 23.4 Å². The van der Waals surface area contributed by atoms with Crippen molar-refractivity contribution in [3.05, 3.63) is 24.0 Å². The van der Waals surface area contributed by atoms with Gasteiger partial charge in [-0.15, -0.1) is 0 Å². The first kappa shape index (κ1) is 14.8. The first-order valence-electron chi connectivity index (χ1n) is 5.70. The molecule has 0 spiro atoms. The van der Waals surface area contributed by atoms with E-state index in [1.807, 2.05) is 13.2 Å². The maximum absolute atomic E-state index is 11.5. The third kappa shape index (κ3) is 3.89. The number of anilines is 1. The molecule has 0 aliphatic carbocycles. The van der Waals surface area contributed by atoms with Crippen molar-refractivity contribution in [2.75, 3.05) is 25.2 Å². The first-order valence-corrected chi connectivity index (χ1v) is 6.99. The van der Waals surface area contributed by atoms with Crippen LogP contribution in [0.3, 0.4) is 0 Å². The highest BCUT2D eigenvalue weighted by molar-refractivity contribution is 7.99. The molecule has 0 aliphatic rings. The van der Waals surface area contributed by atoms with Crippen molar-refractivity contribution in [2.24, 2.45) is 0 Å². The van der Waals surface area contributed by atoms with Crippen molar-refractivity contribution in [1.29, 1.82) is 0 Å². The lowest BCUT2D eigenvalue weighted by Crippen LogP contribution is -2.31. The number of aliphatic hydroxyl groups excluding tert-OH is 1. The summed E-state index contributed by atoms with van der Waals surface area (Å²) in [6.07, 6.45) is 3.55. The highest BCUT2D eigenvalue weighted by Gasteiger charge is 2.15. The van der Waals surface area contributed by atoms with E-state index in [0.29, 0.717) is 5.69 Å². The van der Waals surface area contributed by atoms with E-state index in [9.17, 15) is 9.90 Å². The molecular weight excluding hydrogens is 250 g/mol. The quantitative estimate of drug-likeness (QED) is 0.717. The number of rotatable bonds is 6. The van der Waals surface area contributed by atoms with Crippen LogP contribution in [0, 0.1) is 0 Å². The molecule has 5 nitrogen and oxygen atoms in total. The van der Waals surface area contributed by atoms with Gasteiger partial charge in [0, 0.05) is 30.2 Å². The molecule has 0 aliphatic heterocycles. The van der Waals surface area contributed by atoms with E-state index in [1.54, 1.807) is 37.1 Å². The minimum Gasteiger partial charge on any atom is -0.395 e. The Kier molecular flexibility index (Phi) is 5.94. The minimum atomic E-state index is -0.213. The highest BCUT2D eigenvalue weighted by atomic mass is 32.2. The van der Waals surface area contributed by atoms with Crippen LogP contribution < -0.4 is 10.6 Å². The fourth-order valence-electron chi connectivity index (χ4n) is 1.57. The summed E-state index contributed by atoms with van der Waals surface area (Å²) in [5.74, 6) is -0.213. The Morgan fingerprint density at radius 2 is 2.33 bits per heavy atom. The Hall–Kier alpha value is -1.27. The third-order valence-corrected chi connectivity index (χ3v) is 3.82. The van der Waals surface area contributed by atoms with Crippen molar-refractivity contribution < 1.29 is 9.90 Å². The zero-order valence-corrected chi connectivity index (χ0v) is 11.6. The summed E-state index contributed by atoms with van der Waals surface area (Å²) in [7, 11) is 1.57. The molecule has 1 heterocycles. The molecule has 0 saturated carbocycles. The molecule has 1 aromatic heterocycles. The van der Waals surface area contributed by atoms with Crippen molar-refractivity contribution in [3.63, 3.8) is 0 Å². The predicted molar refractivity (Wildman–Crippen MR) is 75.1 cm³/mol. The van der Waals surface area contributed by atoms with E-state index < -0.39 is 0 Å². The van der Waals surface area contributed by atoms with Crippen LogP contribution in [0.1, 0.15) is 17.4 Å². The molecule has 2 atom stereocenters. The summed E-state index contributed by atoms with van der Waals surface area (Å²) >= 11 is 1.60. The number of aliphatic hydroxyl groups is 1. The normalized spacial score (nSPS) is 13.8. The fourth-order valence-corrected chi connectivity index (χ4v) is 2.19. The second-order valence-electron chi connectivity index (χ2n) is 3.90. The van der Waals surface area contributed by atoms with Gasteiger partial charge in [0.15, 0.2) is 0 Å². The lowest BCUT2D eigenvalue weighted by molar-refractivity contribution is 0.0958. The van der Waals surface area contributed by atoms with E-state index >= 15 is 0 Å². The average Bonchev–Trinajstić information content (AvgIpc) is 2.39. The Bertz CT molecular complexity index is 397. The molecule has 0 saturated heterocycles. The Morgan fingerprint density at radius 3 is 2.89 bits per heavy atom. The monoisotopic (exact) mass is 269 g/mol. The van der Waals surface area contributed by atoms with E-state index in [1.165, 1.54) is 0 Å². The Morgan fingerprint density at radius 1 is 1.61 bits per heavy atom. The van der Waals surface area contributed by atoms with E-state index in [-0.39, 0.29) is 23.8 Å². The summed E-state index contributed by atoms with van der Waals surface area (Å²) in [4.78, 5) is 15.4. The zero-order valence-electron chi connectivity index (χ0n) is 10.8. The van der Waals surface area contributed by atoms with E-state index in [2.05, 4.69) is 15.6 Å². The standard InChI is InChI=1S/C12H19N3O2S/c1-8(11(7-16)18-3)15-9-4-5-14-10(6-9)12(17)13-2/h4-6,8,11,16H,7H2,1-3H3,(H,13,17)(H,14,15). The summed E-state index contributed by atoms with van der Waals surface area (Å²) < 4.78 is 0. The largest absolute Gasteiger partial charge is 0.395 e. The van der Waals surface area contributed by atoms with Crippen LogP contribution in [0.5, 0.6) is 0 Å².